The highest BCUT2D eigenvalue weighted by molar-refractivity contribution is 6.00. The number of ether oxygens (including phenoxy) is 1. The van der Waals surface area contributed by atoms with Crippen LogP contribution in [0.4, 0.5) is 5.69 Å². The van der Waals surface area contributed by atoms with Crippen LogP contribution in [0.2, 0.25) is 0 Å². The topological polar surface area (TPSA) is 99.1 Å². The molecule has 3 fully saturated rings. The zero-order valence-electron chi connectivity index (χ0n) is 23.7. The van der Waals surface area contributed by atoms with Gasteiger partial charge in [0.15, 0.2) is 0 Å². The van der Waals surface area contributed by atoms with Gasteiger partial charge in [-0.25, -0.2) is 0 Å². The molecule has 0 spiro atoms. The summed E-state index contributed by atoms with van der Waals surface area (Å²) in [4.78, 5) is 26.9. The maximum atomic E-state index is 13.3. The van der Waals surface area contributed by atoms with Gasteiger partial charge < -0.3 is 25.2 Å². The van der Waals surface area contributed by atoms with E-state index in [9.17, 15) is 19.8 Å². The molecule has 40 heavy (non-hydrogen) atoms. The van der Waals surface area contributed by atoms with Crippen LogP contribution in [0.1, 0.15) is 93.0 Å². The molecule has 2 aromatic rings. The van der Waals surface area contributed by atoms with E-state index < -0.39 is 5.97 Å². The van der Waals surface area contributed by atoms with Crippen LogP contribution in [0.5, 0.6) is 11.5 Å². The molecule has 2 aromatic carbocycles. The summed E-state index contributed by atoms with van der Waals surface area (Å²) in [5.41, 5.74) is 2.48. The standard InChI is InChI=1S/C33H44N2O5/c1-22(24-6-3-2-4-7-24)34-33(39)29-13-12-27(36)19-31(29)35-16-14-23(15-17-35)21-40-28-9-5-8-26(18-28)30(20-32(37)38)25-10-11-25/h5,8-9,12-13,18-19,22-25,30,36H,2-4,6-7,10-11,14-17,20-21H2,1H3,(H,34,39)(H,37,38)/t22-,30?/m1/s1. The Kier molecular flexibility index (Phi) is 9.18. The number of aromatic hydroxyl groups is 1. The highest BCUT2D eigenvalue weighted by Gasteiger charge is 2.34. The number of carbonyl (C=O) groups excluding carboxylic acids is 1. The largest absolute Gasteiger partial charge is 0.508 e. The zero-order valence-corrected chi connectivity index (χ0v) is 23.7. The molecule has 0 bridgehead atoms. The molecule has 3 aliphatic rings. The number of benzene rings is 2. The highest BCUT2D eigenvalue weighted by Crippen LogP contribution is 2.45. The van der Waals surface area contributed by atoms with E-state index in [0.717, 1.165) is 55.8 Å². The molecule has 1 heterocycles. The number of aliphatic carboxylic acids is 1. The van der Waals surface area contributed by atoms with Crippen molar-refractivity contribution in [2.24, 2.45) is 17.8 Å². The van der Waals surface area contributed by atoms with E-state index in [1.165, 1.54) is 32.1 Å². The Balaban J connectivity index is 1.16. The zero-order chi connectivity index (χ0) is 28.1. The lowest BCUT2D eigenvalue weighted by Gasteiger charge is -2.35. The van der Waals surface area contributed by atoms with Gasteiger partial charge in [-0.1, -0.05) is 31.4 Å². The Labute approximate surface area is 237 Å². The number of carbonyl (C=O) groups is 2. The van der Waals surface area contributed by atoms with Crippen molar-refractivity contribution in [3.63, 3.8) is 0 Å². The first kappa shape index (κ1) is 28.3. The predicted molar refractivity (Wildman–Crippen MR) is 156 cm³/mol. The molecule has 2 aliphatic carbocycles. The first-order valence-electron chi connectivity index (χ1n) is 15.2. The summed E-state index contributed by atoms with van der Waals surface area (Å²) in [5, 5.41) is 22.8. The summed E-state index contributed by atoms with van der Waals surface area (Å²) in [6, 6.07) is 13.2. The monoisotopic (exact) mass is 548 g/mol. The van der Waals surface area contributed by atoms with Crippen LogP contribution < -0.4 is 15.0 Å². The van der Waals surface area contributed by atoms with Crippen molar-refractivity contribution in [2.75, 3.05) is 24.6 Å². The molecule has 2 saturated carbocycles. The number of hydrogen-bond donors (Lipinski definition) is 3. The molecular weight excluding hydrogens is 504 g/mol. The third kappa shape index (κ3) is 7.29. The lowest BCUT2D eigenvalue weighted by molar-refractivity contribution is -0.137. The highest BCUT2D eigenvalue weighted by atomic mass is 16.5. The second kappa shape index (κ2) is 13.0. The Morgan fingerprint density at radius 1 is 0.975 bits per heavy atom. The molecule has 1 amide bonds. The lowest BCUT2D eigenvalue weighted by Crippen LogP contribution is -2.40. The maximum absolute atomic E-state index is 13.3. The van der Waals surface area contributed by atoms with Crippen LogP contribution in [0, 0.1) is 17.8 Å². The molecule has 1 saturated heterocycles. The van der Waals surface area contributed by atoms with Gasteiger partial charge in [0.05, 0.1) is 24.3 Å². The summed E-state index contributed by atoms with van der Waals surface area (Å²) < 4.78 is 6.19. The maximum Gasteiger partial charge on any atom is 0.303 e. The summed E-state index contributed by atoms with van der Waals surface area (Å²) in [7, 11) is 0. The van der Waals surface area contributed by atoms with E-state index in [1.807, 2.05) is 24.3 Å². The van der Waals surface area contributed by atoms with Gasteiger partial charge in [-0.2, -0.15) is 0 Å². The van der Waals surface area contributed by atoms with E-state index in [1.54, 1.807) is 18.2 Å². The number of nitrogens with zero attached hydrogens (tertiary/aromatic N) is 1. The van der Waals surface area contributed by atoms with Gasteiger partial charge in [0.1, 0.15) is 11.5 Å². The second-order valence-electron chi connectivity index (χ2n) is 12.2. The average molecular weight is 549 g/mol. The van der Waals surface area contributed by atoms with E-state index in [4.69, 9.17) is 4.74 Å². The molecule has 0 aromatic heterocycles. The SMILES string of the molecule is C[C@@H](NC(=O)c1ccc(O)cc1N1CCC(COc2cccc(C(CC(=O)O)C3CC3)c2)CC1)C1CCCCC1. The number of anilines is 1. The van der Waals surface area contributed by atoms with Crippen molar-refractivity contribution < 1.29 is 24.5 Å². The lowest BCUT2D eigenvalue weighted by atomic mass is 9.84. The number of rotatable bonds is 11. The normalized spacial score (nSPS) is 20.1. The van der Waals surface area contributed by atoms with Crippen LogP contribution in [-0.4, -0.2) is 47.8 Å². The van der Waals surface area contributed by atoms with Crippen molar-refractivity contribution in [3.05, 3.63) is 53.6 Å². The Morgan fingerprint density at radius 2 is 1.73 bits per heavy atom. The third-order valence-electron chi connectivity index (χ3n) is 9.25. The van der Waals surface area contributed by atoms with E-state index in [2.05, 4.69) is 17.1 Å². The molecule has 216 valence electrons. The van der Waals surface area contributed by atoms with Crippen molar-refractivity contribution in [1.82, 2.24) is 5.32 Å². The van der Waals surface area contributed by atoms with Gasteiger partial charge in [0, 0.05) is 25.2 Å². The van der Waals surface area contributed by atoms with E-state index in [0.29, 0.717) is 29.9 Å². The molecular formula is C33H44N2O5. The summed E-state index contributed by atoms with van der Waals surface area (Å²) in [6.45, 7) is 4.31. The first-order valence-corrected chi connectivity index (χ1v) is 15.2. The van der Waals surface area contributed by atoms with Gasteiger partial charge >= 0.3 is 5.97 Å². The summed E-state index contributed by atoms with van der Waals surface area (Å²) >= 11 is 0. The minimum Gasteiger partial charge on any atom is -0.508 e. The predicted octanol–water partition coefficient (Wildman–Crippen LogP) is 6.35. The van der Waals surface area contributed by atoms with Crippen LogP contribution in [0.25, 0.3) is 0 Å². The molecule has 2 atom stereocenters. The molecule has 1 unspecified atom stereocenters. The quantitative estimate of drug-likeness (QED) is 0.302. The van der Waals surface area contributed by atoms with Crippen LogP contribution in [-0.2, 0) is 4.79 Å². The Bertz CT molecular complexity index is 1170. The molecule has 5 rings (SSSR count). The van der Waals surface area contributed by atoms with Gasteiger partial charge in [-0.05, 0) is 98.9 Å². The molecule has 3 N–H and O–H groups in total. The minimum absolute atomic E-state index is 0.0589. The van der Waals surface area contributed by atoms with Gasteiger partial charge in [-0.15, -0.1) is 0 Å². The smallest absolute Gasteiger partial charge is 0.303 e. The van der Waals surface area contributed by atoms with Crippen molar-refractivity contribution in [2.45, 2.75) is 83.1 Å². The molecule has 1 aliphatic heterocycles. The summed E-state index contributed by atoms with van der Waals surface area (Å²) in [6.07, 6.45) is 10.3. The molecule has 7 heteroatoms. The minimum atomic E-state index is -0.749. The first-order chi connectivity index (χ1) is 19.4. The van der Waals surface area contributed by atoms with Crippen LogP contribution in [0.15, 0.2) is 42.5 Å². The van der Waals surface area contributed by atoms with E-state index in [-0.39, 0.29) is 30.0 Å². The fourth-order valence-electron chi connectivity index (χ4n) is 6.64. The second-order valence-corrected chi connectivity index (χ2v) is 12.2. The number of amides is 1. The number of carboxylic acid groups (broad SMARTS) is 1. The number of hydrogen-bond acceptors (Lipinski definition) is 5. The van der Waals surface area contributed by atoms with Gasteiger partial charge in [0.2, 0.25) is 0 Å². The molecule has 0 radical (unpaired) electrons. The number of piperidine rings is 1. The number of phenols is 1. The number of phenolic OH excluding ortho intramolecular Hbond substituents is 1. The van der Waals surface area contributed by atoms with Crippen molar-refractivity contribution in [1.29, 1.82) is 0 Å². The average Bonchev–Trinajstić information content (AvgIpc) is 3.81. The van der Waals surface area contributed by atoms with Crippen LogP contribution >= 0.6 is 0 Å². The van der Waals surface area contributed by atoms with Gasteiger partial charge in [-0.3, -0.25) is 9.59 Å². The number of nitrogens with one attached hydrogen (secondary N) is 1. The Hall–Kier alpha value is -3.22. The van der Waals surface area contributed by atoms with E-state index >= 15 is 0 Å². The third-order valence-corrected chi connectivity index (χ3v) is 9.25. The fourth-order valence-corrected chi connectivity index (χ4v) is 6.64. The van der Waals surface area contributed by atoms with Crippen molar-refractivity contribution >= 4 is 17.6 Å². The van der Waals surface area contributed by atoms with Gasteiger partial charge in [0.25, 0.3) is 5.91 Å². The summed E-state index contributed by atoms with van der Waals surface area (Å²) in [5.74, 6) is 1.61. The van der Waals surface area contributed by atoms with Crippen LogP contribution in [0.3, 0.4) is 0 Å². The van der Waals surface area contributed by atoms with Crippen molar-refractivity contribution in [3.8, 4) is 11.5 Å². The Morgan fingerprint density at radius 3 is 2.42 bits per heavy atom. The number of carboxylic acids is 1. The fraction of sp³-hybridized carbons (Fsp3) is 0.576. The molecule has 7 nitrogen and oxygen atoms in total.